The lowest BCUT2D eigenvalue weighted by molar-refractivity contribution is -0.159. The van der Waals surface area contributed by atoms with Gasteiger partial charge in [0.1, 0.15) is 0 Å². The van der Waals surface area contributed by atoms with E-state index in [9.17, 15) is 14.4 Å². The largest absolute Gasteiger partial charge is 0.468 e. The van der Waals surface area contributed by atoms with E-state index in [1.165, 1.54) is 12.3 Å². The molecule has 1 atom stereocenters. The second kappa shape index (κ2) is 7.92. The van der Waals surface area contributed by atoms with E-state index in [0.29, 0.717) is 5.56 Å². The topological polar surface area (TPSA) is 82.8 Å². The summed E-state index contributed by atoms with van der Waals surface area (Å²) in [5.74, 6) is -4.73. The number of ketones is 1. The van der Waals surface area contributed by atoms with Crippen LogP contribution in [0, 0.1) is 5.92 Å². The molecule has 6 nitrogen and oxygen atoms in total. The first-order valence-corrected chi connectivity index (χ1v) is 7.77. The molecule has 0 saturated heterocycles. The monoisotopic (exact) mass is 394 g/mol. The van der Waals surface area contributed by atoms with Gasteiger partial charge in [0, 0.05) is 4.47 Å². The highest BCUT2D eigenvalue weighted by molar-refractivity contribution is 9.10. The minimum Gasteiger partial charge on any atom is -0.468 e. The molecule has 0 fully saturated rings. The van der Waals surface area contributed by atoms with Crippen LogP contribution in [0.2, 0.25) is 0 Å². The molecule has 0 aliphatic carbocycles. The first kappa shape index (κ1) is 17.9. The normalized spacial score (nSPS) is 11.8. The highest BCUT2D eigenvalue weighted by Crippen LogP contribution is 2.32. The molecule has 0 bridgehead atoms. The lowest BCUT2D eigenvalue weighted by Gasteiger charge is -2.22. The first-order valence-electron chi connectivity index (χ1n) is 6.98. The zero-order chi connectivity index (χ0) is 17.7. The Balaban J connectivity index is 2.55. The summed E-state index contributed by atoms with van der Waals surface area (Å²) in [4.78, 5) is 37.2. The Morgan fingerprint density at radius 3 is 2.04 bits per heavy atom. The number of halogens is 1. The number of hydrogen-bond acceptors (Lipinski definition) is 6. The quantitative estimate of drug-likeness (QED) is 0.425. The van der Waals surface area contributed by atoms with Crippen LogP contribution >= 0.6 is 15.9 Å². The van der Waals surface area contributed by atoms with E-state index in [1.807, 2.05) is 0 Å². The fourth-order valence-corrected chi connectivity index (χ4v) is 2.62. The summed E-state index contributed by atoms with van der Waals surface area (Å²) in [7, 11) is 2.29. The highest BCUT2D eigenvalue weighted by Gasteiger charge is 2.43. The summed E-state index contributed by atoms with van der Waals surface area (Å²) < 4.78 is 15.3. The molecule has 24 heavy (non-hydrogen) atoms. The predicted molar refractivity (Wildman–Crippen MR) is 87.4 cm³/mol. The molecule has 0 spiro atoms. The number of carbonyl (C=O) groups is 3. The second-order valence-corrected chi connectivity index (χ2v) is 5.81. The lowest BCUT2D eigenvalue weighted by Crippen LogP contribution is -2.36. The maximum atomic E-state index is 12.9. The Labute approximate surface area is 146 Å². The van der Waals surface area contributed by atoms with Gasteiger partial charge in [-0.25, -0.2) is 0 Å². The average Bonchev–Trinajstić information content (AvgIpc) is 3.13. The maximum Gasteiger partial charge on any atom is 0.321 e. The van der Waals surface area contributed by atoms with Crippen molar-refractivity contribution < 1.29 is 28.3 Å². The highest BCUT2D eigenvalue weighted by atomic mass is 79.9. The van der Waals surface area contributed by atoms with Crippen molar-refractivity contribution in [3.8, 4) is 0 Å². The zero-order valence-corrected chi connectivity index (χ0v) is 14.6. The lowest BCUT2D eigenvalue weighted by atomic mass is 9.82. The van der Waals surface area contributed by atoms with Crippen molar-refractivity contribution >= 4 is 33.7 Å². The number of carbonyl (C=O) groups excluding carboxylic acids is 3. The maximum absolute atomic E-state index is 12.9. The number of ether oxygens (including phenoxy) is 2. The number of methoxy groups -OCH3 is 2. The summed E-state index contributed by atoms with van der Waals surface area (Å²) in [5, 5.41) is 0. The minimum atomic E-state index is -1.43. The number of rotatable bonds is 6. The van der Waals surface area contributed by atoms with Gasteiger partial charge in [-0.2, -0.15) is 0 Å². The molecular weight excluding hydrogens is 380 g/mol. The number of hydrogen-bond donors (Lipinski definition) is 0. The van der Waals surface area contributed by atoms with Gasteiger partial charge in [0.05, 0.1) is 26.4 Å². The van der Waals surface area contributed by atoms with E-state index in [2.05, 4.69) is 15.9 Å². The third-order valence-corrected chi connectivity index (χ3v) is 4.05. The van der Waals surface area contributed by atoms with Crippen molar-refractivity contribution in [3.05, 3.63) is 58.5 Å². The van der Waals surface area contributed by atoms with Crippen LogP contribution in [-0.4, -0.2) is 31.9 Å². The molecule has 2 aromatic rings. The molecule has 0 aliphatic rings. The van der Waals surface area contributed by atoms with Crippen LogP contribution in [0.25, 0.3) is 0 Å². The fraction of sp³-hybridized carbons (Fsp3) is 0.235. The van der Waals surface area contributed by atoms with E-state index in [4.69, 9.17) is 13.9 Å². The van der Waals surface area contributed by atoms with Crippen molar-refractivity contribution in [1.82, 2.24) is 0 Å². The van der Waals surface area contributed by atoms with Crippen LogP contribution in [0.1, 0.15) is 22.0 Å². The summed E-state index contributed by atoms with van der Waals surface area (Å²) >= 11 is 3.31. The molecule has 0 amide bonds. The number of benzene rings is 1. The summed E-state index contributed by atoms with van der Waals surface area (Å²) in [6.07, 6.45) is 1.34. The first-order chi connectivity index (χ1) is 11.5. The molecule has 126 valence electrons. The molecule has 0 saturated carbocycles. The van der Waals surface area contributed by atoms with Gasteiger partial charge >= 0.3 is 11.9 Å². The molecule has 1 heterocycles. The Morgan fingerprint density at radius 2 is 1.58 bits per heavy atom. The van der Waals surface area contributed by atoms with E-state index < -0.39 is 29.6 Å². The third kappa shape index (κ3) is 3.73. The van der Waals surface area contributed by atoms with Gasteiger partial charge in [0.15, 0.2) is 11.7 Å². The van der Waals surface area contributed by atoms with Crippen molar-refractivity contribution in [2.45, 2.75) is 5.92 Å². The van der Waals surface area contributed by atoms with Gasteiger partial charge in [-0.3, -0.25) is 14.4 Å². The number of esters is 2. The molecule has 0 aliphatic heterocycles. The van der Waals surface area contributed by atoms with Crippen molar-refractivity contribution in [1.29, 1.82) is 0 Å². The molecule has 7 heteroatoms. The van der Waals surface area contributed by atoms with Crippen LogP contribution in [0.15, 0.2) is 51.6 Å². The van der Waals surface area contributed by atoms with Gasteiger partial charge < -0.3 is 13.9 Å². The molecule has 0 N–H and O–H groups in total. The minimum absolute atomic E-state index is 0.0423. The molecule has 0 radical (unpaired) electrons. The van der Waals surface area contributed by atoms with Crippen LogP contribution in [-0.2, 0) is 19.1 Å². The molecular formula is C17H15BrO6. The van der Waals surface area contributed by atoms with Crippen molar-refractivity contribution in [2.75, 3.05) is 14.2 Å². The number of furan rings is 1. The van der Waals surface area contributed by atoms with Crippen LogP contribution in [0.5, 0.6) is 0 Å². The van der Waals surface area contributed by atoms with Gasteiger partial charge in [0.25, 0.3) is 0 Å². The van der Waals surface area contributed by atoms with Gasteiger partial charge in [-0.1, -0.05) is 28.1 Å². The fourth-order valence-electron chi connectivity index (χ4n) is 2.36. The Hall–Kier alpha value is -2.41. The standard InChI is InChI=1S/C17H15BrO6/c1-22-16(20)14(17(21)23-2)13(10-5-7-11(18)8-6-10)15(19)12-4-3-9-24-12/h3-9,13-14H,1-2H3/t13-/m0/s1. The van der Waals surface area contributed by atoms with Gasteiger partial charge in [-0.15, -0.1) is 0 Å². The van der Waals surface area contributed by atoms with Crippen molar-refractivity contribution in [2.24, 2.45) is 5.92 Å². The Kier molecular flexibility index (Phi) is 5.92. The average molecular weight is 395 g/mol. The summed E-state index contributed by atoms with van der Waals surface area (Å²) in [6.45, 7) is 0. The van der Waals surface area contributed by atoms with Gasteiger partial charge in [-0.05, 0) is 29.8 Å². The van der Waals surface area contributed by atoms with E-state index in [0.717, 1.165) is 18.7 Å². The number of Topliss-reactive ketones (excluding diaryl/α,β-unsaturated/α-hetero) is 1. The predicted octanol–water partition coefficient (Wildman–Crippen LogP) is 2.97. The second-order valence-electron chi connectivity index (χ2n) is 4.89. The van der Waals surface area contributed by atoms with E-state index in [1.54, 1.807) is 30.3 Å². The van der Waals surface area contributed by atoms with Crippen LogP contribution in [0.4, 0.5) is 0 Å². The molecule has 0 unspecified atom stereocenters. The third-order valence-electron chi connectivity index (χ3n) is 3.52. The van der Waals surface area contributed by atoms with Crippen LogP contribution < -0.4 is 0 Å². The summed E-state index contributed by atoms with van der Waals surface area (Å²) in [5.41, 5.74) is 0.473. The Morgan fingerprint density at radius 1 is 1.00 bits per heavy atom. The molecule has 1 aromatic carbocycles. The van der Waals surface area contributed by atoms with Crippen molar-refractivity contribution in [3.63, 3.8) is 0 Å². The Bertz CT molecular complexity index is 704. The van der Waals surface area contributed by atoms with Crippen LogP contribution in [0.3, 0.4) is 0 Å². The smallest absolute Gasteiger partial charge is 0.321 e. The zero-order valence-electron chi connectivity index (χ0n) is 13.0. The summed E-state index contributed by atoms with van der Waals surface area (Å²) in [6, 6.07) is 9.74. The molecule has 2 rings (SSSR count). The van der Waals surface area contributed by atoms with Gasteiger partial charge in [0.2, 0.25) is 5.78 Å². The SMILES string of the molecule is COC(=O)C(C(=O)OC)[C@@H](C(=O)c1ccco1)c1ccc(Br)cc1. The van der Waals surface area contributed by atoms with E-state index in [-0.39, 0.29) is 5.76 Å². The molecule has 1 aromatic heterocycles. The van der Waals surface area contributed by atoms with E-state index >= 15 is 0 Å².